The Balaban J connectivity index is 1.33. The molecular weight excluding hydrogens is 446 g/mol. The fourth-order valence-electron chi connectivity index (χ4n) is 4.46. The van der Waals surface area contributed by atoms with Crippen molar-refractivity contribution in [1.82, 2.24) is 24.6 Å². The van der Waals surface area contributed by atoms with Gasteiger partial charge in [-0.3, -0.25) is 9.59 Å². The molecule has 0 aliphatic carbocycles. The van der Waals surface area contributed by atoms with E-state index in [-0.39, 0.29) is 17.7 Å². The number of hydrogen-bond acceptors (Lipinski definition) is 4. The van der Waals surface area contributed by atoms with Crippen LogP contribution in [0.3, 0.4) is 0 Å². The van der Waals surface area contributed by atoms with E-state index in [9.17, 15) is 9.59 Å². The third-order valence-electron chi connectivity index (χ3n) is 6.27. The summed E-state index contributed by atoms with van der Waals surface area (Å²) in [5, 5.41) is 9.78. The molecule has 0 unspecified atom stereocenters. The van der Waals surface area contributed by atoms with Gasteiger partial charge in [-0.15, -0.1) is 11.3 Å². The zero-order valence-corrected chi connectivity index (χ0v) is 19.9. The molecule has 0 bridgehead atoms. The highest BCUT2D eigenvalue weighted by Gasteiger charge is 2.32. The maximum absolute atomic E-state index is 13.7. The molecule has 174 valence electrons. The lowest BCUT2D eigenvalue weighted by Crippen LogP contribution is -2.43. The minimum atomic E-state index is -0.0685. The highest BCUT2D eigenvalue weighted by molar-refractivity contribution is 7.09. The summed E-state index contributed by atoms with van der Waals surface area (Å²) in [5.74, 6) is 0.693. The summed E-state index contributed by atoms with van der Waals surface area (Å²) < 4.78 is 3.76. The molecule has 0 spiro atoms. The van der Waals surface area contributed by atoms with Crippen LogP contribution in [0.1, 0.15) is 33.8 Å². The van der Waals surface area contributed by atoms with Crippen molar-refractivity contribution in [3.8, 4) is 11.5 Å². The number of piperidine rings is 1. The van der Waals surface area contributed by atoms with Crippen LogP contribution < -0.4 is 5.32 Å². The van der Waals surface area contributed by atoms with Crippen molar-refractivity contribution in [2.24, 2.45) is 5.92 Å². The Kier molecular flexibility index (Phi) is 6.31. The van der Waals surface area contributed by atoms with E-state index >= 15 is 0 Å². The molecule has 7 nitrogen and oxygen atoms in total. The number of aromatic nitrogens is 3. The number of para-hydroxylation sites is 1. The number of nitrogens with one attached hydrogen (secondary N) is 1. The van der Waals surface area contributed by atoms with Crippen LogP contribution in [0.5, 0.6) is 0 Å². The minimum absolute atomic E-state index is 0.0409. The van der Waals surface area contributed by atoms with Gasteiger partial charge in [0.15, 0.2) is 5.82 Å². The van der Waals surface area contributed by atoms with Gasteiger partial charge in [0.05, 0.1) is 17.9 Å². The van der Waals surface area contributed by atoms with Gasteiger partial charge in [0, 0.05) is 36.3 Å². The average Bonchev–Trinajstić information content (AvgIpc) is 3.64. The molecule has 1 saturated heterocycles. The first kappa shape index (κ1) is 22.2. The van der Waals surface area contributed by atoms with Gasteiger partial charge in [-0.25, -0.2) is 4.68 Å². The molecular formula is C26H27N5O2S. The topological polar surface area (TPSA) is 72.2 Å². The number of hydrogen-bond donors (Lipinski definition) is 1. The number of carbonyl (C=O) groups is 2. The number of aryl methyl sites for hydroxylation is 1. The first-order chi connectivity index (χ1) is 16.6. The van der Waals surface area contributed by atoms with Crippen LogP contribution in [0.4, 0.5) is 0 Å². The van der Waals surface area contributed by atoms with Gasteiger partial charge in [-0.2, -0.15) is 5.10 Å². The Hall–Kier alpha value is -3.65. The van der Waals surface area contributed by atoms with Gasteiger partial charge in [-0.05, 0) is 55.5 Å². The molecule has 1 N–H and O–H groups in total. The van der Waals surface area contributed by atoms with E-state index < -0.39 is 0 Å². The largest absolute Gasteiger partial charge is 0.351 e. The van der Waals surface area contributed by atoms with Crippen LogP contribution in [-0.4, -0.2) is 44.2 Å². The summed E-state index contributed by atoms with van der Waals surface area (Å²) in [5.41, 5.74) is 2.18. The second kappa shape index (κ2) is 9.69. The second-order valence-electron chi connectivity index (χ2n) is 8.49. The van der Waals surface area contributed by atoms with E-state index in [0.29, 0.717) is 43.7 Å². The van der Waals surface area contributed by atoms with Crippen LogP contribution >= 0.6 is 11.3 Å². The van der Waals surface area contributed by atoms with Crippen LogP contribution in [0, 0.1) is 12.8 Å². The Labute approximate surface area is 202 Å². The molecule has 5 rings (SSSR count). The number of carbonyl (C=O) groups excluding carboxylic acids is 2. The van der Waals surface area contributed by atoms with Gasteiger partial charge >= 0.3 is 0 Å². The summed E-state index contributed by atoms with van der Waals surface area (Å²) in [7, 11) is 0. The van der Waals surface area contributed by atoms with Crippen LogP contribution in [-0.2, 0) is 11.3 Å². The molecule has 0 saturated carbocycles. The molecule has 1 fully saturated rings. The first-order valence-corrected chi connectivity index (χ1v) is 12.4. The lowest BCUT2D eigenvalue weighted by molar-refractivity contribution is -0.126. The van der Waals surface area contributed by atoms with Gasteiger partial charge < -0.3 is 14.8 Å². The summed E-state index contributed by atoms with van der Waals surface area (Å²) in [6.45, 7) is 3.55. The van der Waals surface area contributed by atoms with Crippen molar-refractivity contribution in [2.75, 3.05) is 13.1 Å². The van der Waals surface area contributed by atoms with E-state index in [4.69, 9.17) is 5.10 Å². The molecule has 1 aliphatic heterocycles. The van der Waals surface area contributed by atoms with Crippen molar-refractivity contribution in [3.05, 3.63) is 88.5 Å². The Morgan fingerprint density at radius 3 is 2.44 bits per heavy atom. The fourth-order valence-corrected chi connectivity index (χ4v) is 5.11. The van der Waals surface area contributed by atoms with Crippen molar-refractivity contribution >= 4 is 23.2 Å². The second-order valence-corrected chi connectivity index (χ2v) is 9.52. The summed E-state index contributed by atoms with van der Waals surface area (Å²) in [4.78, 5) is 29.3. The number of benzene rings is 1. The molecule has 1 aromatic carbocycles. The van der Waals surface area contributed by atoms with E-state index in [1.165, 1.54) is 0 Å². The van der Waals surface area contributed by atoms with Gasteiger partial charge in [0.2, 0.25) is 5.91 Å². The zero-order valence-electron chi connectivity index (χ0n) is 19.1. The van der Waals surface area contributed by atoms with Gasteiger partial charge in [0.1, 0.15) is 5.56 Å². The molecule has 4 aromatic rings. The Bertz CT molecular complexity index is 1250. The summed E-state index contributed by atoms with van der Waals surface area (Å²) in [6, 6.07) is 17.7. The predicted octanol–water partition coefficient (Wildman–Crippen LogP) is 4.20. The van der Waals surface area contributed by atoms with Gasteiger partial charge in [-0.1, -0.05) is 24.3 Å². The maximum Gasteiger partial charge on any atom is 0.259 e. The third-order valence-corrected chi connectivity index (χ3v) is 7.15. The lowest BCUT2D eigenvalue weighted by Gasteiger charge is -2.31. The Morgan fingerprint density at radius 2 is 1.76 bits per heavy atom. The predicted molar refractivity (Wildman–Crippen MR) is 132 cm³/mol. The normalized spacial score (nSPS) is 14.3. The lowest BCUT2D eigenvalue weighted by atomic mass is 9.95. The molecule has 3 aromatic heterocycles. The van der Waals surface area contributed by atoms with Crippen molar-refractivity contribution in [2.45, 2.75) is 26.3 Å². The molecule has 0 atom stereocenters. The van der Waals surface area contributed by atoms with Crippen LogP contribution in [0.2, 0.25) is 0 Å². The van der Waals surface area contributed by atoms with Crippen molar-refractivity contribution < 1.29 is 9.59 Å². The van der Waals surface area contributed by atoms with E-state index in [2.05, 4.69) is 5.32 Å². The molecule has 1 aliphatic rings. The monoisotopic (exact) mass is 473 g/mol. The standard InChI is InChI=1S/C26H27N5O2S/c1-19-23(25(29-13-5-6-14-29)31(28-19)21-8-3-2-4-9-21)26(33)30-15-11-20(12-16-30)24(32)27-18-22-10-7-17-34-22/h2-10,13-14,17,20H,11-12,15-16,18H2,1H3,(H,27,32). The maximum atomic E-state index is 13.7. The number of rotatable bonds is 6. The van der Waals surface area contributed by atoms with E-state index in [1.54, 1.807) is 11.3 Å². The summed E-state index contributed by atoms with van der Waals surface area (Å²) in [6.07, 6.45) is 5.17. The number of likely N-dealkylation sites (tertiary alicyclic amines) is 1. The fraction of sp³-hybridized carbons (Fsp3) is 0.269. The Morgan fingerprint density at radius 1 is 1.03 bits per heavy atom. The molecule has 2 amide bonds. The highest BCUT2D eigenvalue weighted by atomic mass is 32.1. The smallest absolute Gasteiger partial charge is 0.259 e. The molecule has 8 heteroatoms. The molecule has 34 heavy (non-hydrogen) atoms. The highest BCUT2D eigenvalue weighted by Crippen LogP contribution is 2.27. The van der Waals surface area contributed by atoms with Crippen LogP contribution in [0.15, 0.2) is 72.4 Å². The average molecular weight is 474 g/mol. The van der Waals surface area contributed by atoms with Gasteiger partial charge in [0.25, 0.3) is 5.91 Å². The number of nitrogens with zero attached hydrogens (tertiary/aromatic N) is 4. The third kappa shape index (κ3) is 4.41. The number of amides is 2. The molecule has 4 heterocycles. The molecule has 0 radical (unpaired) electrons. The van der Waals surface area contributed by atoms with Crippen molar-refractivity contribution in [3.63, 3.8) is 0 Å². The van der Waals surface area contributed by atoms with E-state index in [1.807, 2.05) is 93.4 Å². The number of thiophene rings is 1. The quantitative estimate of drug-likeness (QED) is 0.456. The SMILES string of the molecule is Cc1nn(-c2ccccc2)c(-n2cccc2)c1C(=O)N1CCC(C(=O)NCc2cccs2)CC1. The van der Waals surface area contributed by atoms with E-state index in [0.717, 1.165) is 16.4 Å². The first-order valence-electron chi connectivity index (χ1n) is 11.5. The minimum Gasteiger partial charge on any atom is -0.351 e. The summed E-state index contributed by atoms with van der Waals surface area (Å²) >= 11 is 1.64. The van der Waals surface area contributed by atoms with Crippen LogP contribution in [0.25, 0.3) is 11.5 Å². The van der Waals surface area contributed by atoms with Crippen molar-refractivity contribution in [1.29, 1.82) is 0 Å². The zero-order chi connectivity index (χ0) is 23.5.